The molecule has 0 saturated heterocycles. The quantitative estimate of drug-likeness (QED) is 0.902. The van der Waals surface area contributed by atoms with E-state index in [1.54, 1.807) is 0 Å². The lowest BCUT2D eigenvalue weighted by Gasteiger charge is -2.32. The van der Waals surface area contributed by atoms with Gasteiger partial charge in [-0.1, -0.05) is 24.3 Å². The van der Waals surface area contributed by atoms with Crippen LogP contribution in [0.1, 0.15) is 23.7 Å². The van der Waals surface area contributed by atoms with Crippen LogP contribution in [0.25, 0.3) is 0 Å². The minimum absolute atomic E-state index is 0.0333. The van der Waals surface area contributed by atoms with Crippen molar-refractivity contribution < 1.29 is 4.79 Å². The Kier molecular flexibility index (Phi) is 4.40. The fourth-order valence-corrected chi connectivity index (χ4v) is 3.31. The number of carbonyl (C=O) groups is 1. The number of nitrogen functional groups attached to an aromatic ring is 1. The van der Waals surface area contributed by atoms with Crippen molar-refractivity contribution in [2.24, 2.45) is 0 Å². The topological polar surface area (TPSA) is 71.2 Å². The molecule has 0 spiro atoms. The number of nitrogens with one attached hydrogen (secondary N) is 1. The summed E-state index contributed by atoms with van der Waals surface area (Å²) in [7, 11) is 0. The van der Waals surface area contributed by atoms with Crippen molar-refractivity contribution in [3.63, 3.8) is 0 Å². The number of amides is 1. The first-order valence-corrected chi connectivity index (χ1v) is 8.30. The number of nitrogens with zero attached hydrogens (tertiary/aromatic N) is 2. The Hall–Kier alpha value is -1.92. The van der Waals surface area contributed by atoms with Gasteiger partial charge in [0.15, 0.2) is 5.13 Å². The number of hydrogen-bond donors (Lipinski definition) is 2. The summed E-state index contributed by atoms with van der Waals surface area (Å²) >= 11 is 1.39. The minimum atomic E-state index is -0.149. The van der Waals surface area contributed by atoms with Gasteiger partial charge in [0.1, 0.15) is 0 Å². The monoisotopic (exact) mass is 316 g/mol. The van der Waals surface area contributed by atoms with Crippen molar-refractivity contribution in [3.8, 4) is 0 Å². The van der Waals surface area contributed by atoms with Crippen LogP contribution in [0.2, 0.25) is 0 Å². The van der Waals surface area contributed by atoms with Crippen molar-refractivity contribution >= 4 is 22.4 Å². The van der Waals surface area contributed by atoms with Crippen LogP contribution in [-0.4, -0.2) is 28.4 Å². The second kappa shape index (κ2) is 6.46. The number of hydrogen-bond acceptors (Lipinski definition) is 5. The predicted molar refractivity (Wildman–Crippen MR) is 88.4 cm³/mol. The summed E-state index contributed by atoms with van der Waals surface area (Å²) in [6, 6.07) is 8.29. The van der Waals surface area contributed by atoms with Crippen molar-refractivity contribution in [3.05, 3.63) is 46.5 Å². The highest BCUT2D eigenvalue weighted by atomic mass is 32.1. The maximum Gasteiger partial charge on any atom is 0.237 e. The highest BCUT2D eigenvalue weighted by Gasteiger charge is 2.24. The van der Waals surface area contributed by atoms with E-state index in [2.05, 4.69) is 39.5 Å². The Morgan fingerprint density at radius 3 is 2.95 bits per heavy atom. The molecule has 1 aliphatic rings. The van der Waals surface area contributed by atoms with E-state index in [4.69, 9.17) is 5.73 Å². The lowest BCUT2D eigenvalue weighted by Crippen LogP contribution is -2.46. The molecule has 116 valence electrons. The second-order valence-corrected chi connectivity index (χ2v) is 6.45. The molecule has 5 nitrogen and oxygen atoms in total. The largest absolute Gasteiger partial charge is 0.375 e. The minimum Gasteiger partial charge on any atom is -0.375 e. The van der Waals surface area contributed by atoms with Crippen LogP contribution in [-0.2, 0) is 24.3 Å². The van der Waals surface area contributed by atoms with E-state index in [9.17, 15) is 4.79 Å². The van der Waals surface area contributed by atoms with Gasteiger partial charge in [-0.15, -0.1) is 11.3 Å². The molecule has 1 atom stereocenters. The molecule has 1 aromatic carbocycles. The van der Waals surface area contributed by atoms with Crippen LogP contribution >= 0.6 is 11.3 Å². The van der Waals surface area contributed by atoms with Crippen LogP contribution in [0.3, 0.4) is 0 Å². The van der Waals surface area contributed by atoms with E-state index in [1.807, 2.05) is 12.3 Å². The molecule has 22 heavy (non-hydrogen) atoms. The van der Waals surface area contributed by atoms with Gasteiger partial charge in [0.25, 0.3) is 0 Å². The number of rotatable bonds is 4. The molecule has 1 aliphatic heterocycles. The summed E-state index contributed by atoms with van der Waals surface area (Å²) in [6.45, 7) is 4.13. The Morgan fingerprint density at radius 1 is 1.45 bits per heavy atom. The number of fused-ring (bicyclic) bond motifs is 1. The Morgan fingerprint density at radius 2 is 2.23 bits per heavy atom. The van der Waals surface area contributed by atoms with E-state index in [1.165, 1.54) is 22.5 Å². The van der Waals surface area contributed by atoms with Gasteiger partial charge in [0.05, 0.1) is 18.3 Å². The molecular formula is C16H20N4OS. The first-order chi connectivity index (χ1) is 10.6. The maximum absolute atomic E-state index is 12.3. The first kappa shape index (κ1) is 15.0. The number of anilines is 1. The molecule has 3 N–H and O–H groups in total. The third kappa shape index (κ3) is 3.28. The third-order valence-corrected chi connectivity index (χ3v) is 4.82. The van der Waals surface area contributed by atoms with Crippen molar-refractivity contribution in [2.45, 2.75) is 32.5 Å². The molecule has 1 amide bonds. The Bertz CT molecular complexity index is 670. The Labute approximate surface area is 134 Å². The molecule has 0 aliphatic carbocycles. The number of carbonyl (C=O) groups excluding carboxylic acids is 1. The van der Waals surface area contributed by atoms with Gasteiger partial charge < -0.3 is 11.1 Å². The number of nitrogens with two attached hydrogens (primary N) is 1. The number of thiazole rings is 1. The van der Waals surface area contributed by atoms with E-state index in [0.29, 0.717) is 11.7 Å². The maximum atomic E-state index is 12.3. The van der Waals surface area contributed by atoms with E-state index >= 15 is 0 Å². The van der Waals surface area contributed by atoms with Crippen LogP contribution < -0.4 is 11.1 Å². The number of aromatic nitrogens is 1. The van der Waals surface area contributed by atoms with Gasteiger partial charge in [-0.25, -0.2) is 4.98 Å². The van der Waals surface area contributed by atoms with E-state index in [0.717, 1.165) is 25.2 Å². The highest BCUT2D eigenvalue weighted by molar-refractivity contribution is 7.13. The molecule has 3 rings (SSSR count). The zero-order valence-corrected chi connectivity index (χ0v) is 13.4. The smallest absolute Gasteiger partial charge is 0.237 e. The Balaban J connectivity index is 1.57. The molecule has 0 fully saturated rings. The van der Waals surface area contributed by atoms with Crippen molar-refractivity contribution in [1.29, 1.82) is 0 Å². The van der Waals surface area contributed by atoms with Gasteiger partial charge in [0.2, 0.25) is 5.91 Å². The van der Waals surface area contributed by atoms with Crippen molar-refractivity contribution in [2.75, 3.05) is 12.3 Å². The molecule has 0 saturated carbocycles. The summed E-state index contributed by atoms with van der Waals surface area (Å²) in [4.78, 5) is 18.7. The molecule has 0 bridgehead atoms. The zero-order valence-electron chi connectivity index (χ0n) is 12.6. The molecular weight excluding hydrogens is 296 g/mol. The standard InChI is InChI=1S/C16H20N4OS/c1-11(15(21)18-8-14-10-22-16(17)19-14)20-7-6-12-4-2-3-5-13(12)9-20/h2-5,10-11H,6-9H2,1H3,(H2,17,19)(H,18,21)/t11-/m1/s1. The number of benzene rings is 1. The fourth-order valence-electron chi connectivity index (χ4n) is 2.74. The molecule has 1 aromatic heterocycles. The predicted octanol–water partition coefficient (Wildman–Crippen LogP) is 1.79. The van der Waals surface area contributed by atoms with Crippen LogP contribution in [0, 0.1) is 0 Å². The third-order valence-electron chi connectivity index (χ3n) is 4.10. The van der Waals surface area contributed by atoms with E-state index < -0.39 is 0 Å². The molecule has 2 heterocycles. The average molecular weight is 316 g/mol. The van der Waals surface area contributed by atoms with Gasteiger partial charge in [-0.05, 0) is 24.5 Å². The van der Waals surface area contributed by atoms with Crippen LogP contribution in [0.5, 0.6) is 0 Å². The van der Waals surface area contributed by atoms with Crippen LogP contribution in [0.15, 0.2) is 29.6 Å². The van der Waals surface area contributed by atoms with Crippen molar-refractivity contribution in [1.82, 2.24) is 15.2 Å². The lowest BCUT2D eigenvalue weighted by atomic mass is 9.99. The van der Waals surface area contributed by atoms with Gasteiger partial charge in [-0.2, -0.15) is 0 Å². The fraction of sp³-hybridized carbons (Fsp3) is 0.375. The molecule has 6 heteroatoms. The summed E-state index contributed by atoms with van der Waals surface area (Å²) in [6.07, 6.45) is 0.996. The van der Waals surface area contributed by atoms with Crippen LogP contribution in [0.4, 0.5) is 5.13 Å². The second-order valence-electron chi connectivity index (χ2n) is 5.56. The highest BCUT2D eigenvalue weighted by Crippen LogP contribution is 2.20. The normalized spacial score (nSPS) is 16.0. The molecule has 2 aromatic rings. The van der Waals surface area contributed by atoms with Gasteiger partial charge in [0, 0.05) is 18.5 Å². The zero-order chi connectivity index (χ0) is 15.5. The first-order valence-electron chi connectivity index (χ1n) is 7.42. The summed E-state index contributed by atoms with van der Waals surface area (Å²) in [5, 5.41) is 5.35. The summed E-state index contributed by atoms with van der Waals surface area (Å²) in [5.41, 5.74) is 9.12. The summed E-state index contributed by atoms with van der Waals surface area (Å²) < 4.78 is 0. The lowest BCUT2D eigenvalue weighted by molar-refractivity contribution is -0.126. The van der Waals surface area contributed by atoms with Gasteiger partial charge in [-0.3, -0.25) is 9.69 Å². The SMILES string of the molecule is C[C@H](C(=O)NCc1csc(N)n1)N1CCc2ccccc2C1. The van der Waals surface area contributed by atoms with E-state index in [-0.39, 0.29) is 11.9 Å². The summed E-state index contributed by atoms with van der Waals surface area (Å²) in [5.74, 6) is 0.0333. The van der Waals surface area contributed by atoms with Gasteiger partial charge >= 0.3 is 0 Å². The molecule has 0 unspecified atom stereocenters. The molecule has 0 radical (unpaired) electrons. The average Bonchev–Trinajstić information content (AvgIpc) is 2.97.